The lowest BCUT2D eigenvalue weighted by atomic mass is 10.1. The molecule has 0 unspecified atom stereocenters. The summed E-state index contributed by atoms with van der Waals surface area (Å²) < 4.78 is 41.6. The molecule has 1 amide bonds. The summed E-state index contributed by atoms with van der Waals surface area (Å²) in [5.74, 6) is 1.60. The van der Waals surface area contributed by atoms with Gasteiger partial charge in [0.2, 0.25) is 0 Å². The number of hydrogen-bond acceptors (Lipinski definition) is 8. The highest BCUT2D eigenvalue weighted by atomic mass is 19.1. The summed E-state index contributed by atoms with van der Waals surface area (Å²) in [6.07, 6.45) is 4.48. The van der Waals surface area contributed by atoms with Crippen LogP contribution in [0.15, 0.2) is 36.4 Å². The first-order chi connectivity index (χ1) is 19.6. The Morgan fingerprint density at radius 2 is 1.85 bits per heavy atom. The van der Waals surface area contributed by atoms with E-state index in [9.17, 15) is 9.18 Å². The minimum absolute atomic E-state index is 0.0560. The summed E-state index contributed by atoms with van der Waals surface area (Å²) in [5, 5.41) is 13.4. The molecule has 3 N–H and O–H groups in total. The molecule has 214 valence electrons. The van der Waals surface area contributed by atoms with Gasteiger partial charge in [-0.3, -0.25) is 5.10 Å². The minimum Gasteiger partial charge on any atom is -0.493 e. The number of halogens is 1. The van der Waals surface area contributed by atoms with Crippen LogP contribution in [-0.2, 0) is 20.6 Å². The first kappa shape index (κ1) is 27.7. The molecule has 3 aromatic rings. The number of methoxy groups -OCH3 is 1. The molecule has 0 radical (unpaired) electrons. The third-order valence-corrected chi connectivity index (χ3v) is 6.93. The van der Waals surface area contributed by atoms with Gasteiger partial charge in [-0.1, -0.05) is 6.07 Å². The van der Waals surface area contributed by atoms with Gasteiger partial charge in [-0.25, -0.2) is 9.18 Å². The maximum absolute atomic E-state index is 13.6. The number of anilines is 2. The van der Waals surface area contributed by atoms with Crippen LogP contribution < -0.4 is 20.1 Å². The number of ether oxygens (including phenoxy) is 5. The normalized spacial score (nSPS) is 14.1. The van der Waals surface area contributed by atoms with E-state index < -0.39 is 0 Å². The van der Waals surface area contributed by atoms with Crippen molar-refractivity contribution in [3.05, 3.63) is 53.3 Å². The average molecular weight is 555 g/mol. The summed E-state index contributed by atoms with van der Waals surface area (Å²) in [7, 11) is 1.60. The van der Waals surface area contributed by atoms with Crippen molar-refractivity contribution >= 4 is 17.6 Å². The molecule has 5 rings (SSSR count). The summed E-state index contributed by atoms with van der Waals surface area (Å²) in [4.78, 5) is 11.7. The predicted molar refractivity (Wildman–Crippen MR) is 147 cm³/mol. The quantitative estimate of drug-likeness (QED) is 0.188. The van der Waals surface area contributed by atoms with E-state index in [0.717, 1.165) is 48.1 Å². The predicted octanol–water partition coefficient (Wildman–Crippen LogP) is 4.95. The third kappa shape index (κ3) is 7.02. The van der Waals surface area contributed by atoms with Crippen LogP contribution in [-0.4, -0.2) is 69.1 Å². The number of benzene rings is 2. The number of nitrogens with one attached hydrogen (secondary N) is 3. The molecule has 2 aliphatic rings. The second kappa shape index (κ2) is 13.5. The van der Waals surface area contributed by atoms with Crippen molar-refractivity contribution in [1.82, 2.24) is 15.5 Å². The molecule has 0 saturated heterocycles. The van der Waals surface area contributed by atoms with E-state index in [-0.39, 0.29) is 18.0 Å². The number of alkyl carbamates (subject to hydrolysis) is 1. The van der Waals surface area contributed by atoms with E-state index in [1.54, 1.807) is 19.2 Å². The van der Waals surface area contributed by atoms with Crippen LogP contribution in [0.2, 0.25) is 0 Å². The molecule has 2 aromatic carbocycles. The Morgan fingerprint density at radius 1 is 1.05 bits per heavy atom. The van der Waals surface area contributed by atoms with Crippen molar-refractivity contribution in [3.63, 3.8) is 0 Å². The SMILES string of the molecule is COc1cc2c(cc1OCCOCCOCCNC(=O)OC1CCCC1)Cc1c(Nc3cccc(F)c3)n[nH]c1-2. The van der Waals surface area contributed by atoms with Crippen molar-refractivity contribution in [2.24, 2.45) is 0 Å². The lowest BCUT2D eigenvalue weighted by Gasteiger charge is -2.13. The monoisotopic (exact) mass is 554 g/mol. The van der Waals surface area contributed by atoms with Crippen LogP contribution in [0, 0.1) is 5.82 Å². The summed E-state index contributed by atoms with van der Waals surface area (Å²) in [6, 6.07) is 10.2. The topological polar surface area (TPSA) is 116 Å². The van der Waals surface area contributed by atoms with Crippen LogP contribution >= 0.6 is 0 Å². The summed E-state index contributed by atoms with van der Waals surface area (Å²) >= 11 is 0. The van der Waals surface area contributed by atoms with Crippen LogP contribution in [0.3, 0.4) is 0 Å². The molecule has 2 aliphatic carbocycles. The standard InChI is InChI=1S/C29H35FN4O6/c1-36-25-18-23-19(15-24-27(23)33-34-28(24)32-21-6-4-5-20(30)17-21)16-26(25)39-14-13-38-12-11-37-10-9-31-29(35)40-22-7-2-3-8-22/h4-6,16-18,22H,2-3,7-15H2,1H3,(H,31,35)(H2,32,33,34). The van der Waals surface area contributed by atoms with Gasteiger partial charge >= 0.3 is 6.09 Å². The number of hydrogen-bond donors (Lipinski definition) is 3. The van der Waals surface area contributed by atoms with Crippen LogP contribution in [0.4, 0.5) is 20.7 Å². The number of carbonyl (C=O) groups excluding carboxylic acids is 1. The second-order valence-corrected chi connectivity index (χ2v) is 9.71. The van der Waals surface area contributed by atoms with Crippen LogP contribution in [0.1, 0.15) is 36.8 Å². The molecule has 0 bridgehead atoms. The first-order valence-corrected chi connectivity index (χ1v) is 13.6. The summed E-state index contributed by atoms with van der Waals surface area (Å²) in [6.45, 7) is 2.36. The van der Waals surface area contributed by atoms with Gasteiger partial charge in [0.15, 0.2) is 17.3 Å². The molecule has 40 heavy (non-hydrogen) atoms. The highest BCUT2D eigenvalue weighted by molar-refractivity contribution is 5.81. The number of carbonyl (C=O) groups is 1. The number of aromatic nitrogens is 2. The van der Waals surface area contributed by atoms with Gasteiger partial charge in [-0.05, 0) is 61.6 Å². The fraction of sp³-hybridized carbons (Fsp3) is 0.448. The maximum Gasteiger partial charge on any atom is 0.407 e. The fourth-order valence-electron chi connectivity index (χ4n) is 4.97. The number of aromatic amines is 1. The molecule has 1 fully saturated rings. The van der Waals surface area contributed by atoms with Crippen LogP contribution in [0.25, 0.3) is 11.3 Å². The van der Waals surface area contributed by atoms with Gasteiger partial charge in [0.1, 0.15) is 18.5 Å². The number of rotatable bonds is 14. The fourth-order valence-corrected chi connectivity index (χ4v) is 4.97. The second-order valence-electron chi connectivity index (χ2n) is 9.71. The Bertz CT molecular complexity index is 1290. The van der Waals surface area contributed by atoms with E-state index in [2.05, 4.69) is 20.8 Å². The molecule has 1 heterocycles. The number of amides is 1. The number of fused-ring (bicyclic) bond motifs is 3. The smallest absolute Gasteiger partial charge is 0.407 e. The first-order valence-electron chi connectivity index (χ1n) is 13.6. The number of nitrogens with zero attached hydrogens (tertiary/aromatic N) is 1. The Labute approximate surface area is 232 Å². The van der Waals surface area contributed by atoms with Crippen molar-refractivity contribution < 1.29 is 32.9 Å². The van der Waals surface area contributed by atoms with Gasteiger partial charge in [-0.2, -0.15) is 5.10 Å². The van der Waals surface area contributed by atoms with Gasteiger partial charge in [0.05, 0.1) is 39.2 Å². The van der Waals surface area contributed by atoms with Gasteiger partial charge in [-0.15, -0.1) is 0 Å². The molecule has 0 atom stereocenters. The van der Waals surface area contributed by atoms with Gasteiger partial charge in [0.25, 0.3) is 0 Å². The summed E-state index contributed by atoms with van der Waals surface area (Å²) in [5.41, 5.74) is 4.62. The lowest BCUT2D eigenvalue weighted by molar-refractivity contribution is 0.0360. The number of H-pyrrole nitrogens is 1. The third-order valence-electron chi connectivity index (χ3n) is 6.93. The zero-order valence-corrected chi connectivity index (χ0v) is 22.6. The maximum atomic E-state index is 13.6. The van der Waals surface area contributed by atoms with Crippen molar-refractivity contribution in [2.75, 3.05) is 52.0 Å². The van der Waals surface area contributed by atoms with Crippen molar-refractivity contribution in [3.8, 4) is 22.8 Å². The minimum atomic E-state index is -0.378. The molecule has 1 aromatic heterocycles. The Balaban J connectivity index is 1.01. The molecule has 1 saturated carbocycles. The van der Waals surface area contributed by atoms with E-state index in [1.807, 2.05) is 12.1 Å². The highest BCUT2D eigenvalue weighted by Gasteiger charge is 2.27. The highest BCUT2D eigenvalue weighted by Crippen LogP contribution is 2.44. The lowest BCUT2D eigenvalue weighted by Crippen LogP contribution is -2.30. The molecule has 0 aliphatic heterocycles. The Kier molecular flexibility index (Phi) is 9.35. The largest absolute Gasteiger partial charge is 0.493 e. The van der Waals surface area contributed by atoms with Gasteiger partial charge in [0, 0.05) is 29.8 Å². The zero-order chi connectivity index (χ0) is 27.7. The van der Waals surface area contributed by atoms with E-state index in [0.29, 0.717) is 69.0 Å². The average Bonchev–Trinajstić information content (AvgIpc) is 3.68. The Morgan fingerprint density at radius 3 is 2.65 bits per heavy atom. The van der Waals surface area contributed by atoms with Crippen molar-refractivity contribution in [1.29, 1.82) is 0 Å². The molecule has 0 spiro atoms. The molecule has 11 heteroatoms. The molecule has 10 nitrogen and oxygen atoms in total. The Hall–Kier alpha value is -3.83. The van der Waals surface area contributed by atoms with Crippen LogP contribution in [0.5, 0.6) is 11.5 Å². The van der Waals surface area contributed by atoms with E-state index >= 15 is 0 Å². The van der Waals surface area contributed by atoms with E-state index in [4.69, 9.17) is 23.7 Å². The van der Waals surface area contributed by atoms with E-state index in [1.165, 1.54) is 12.1 Å². The van der Waals surface area contributed by atoms with Gasteiger partial charge < -0.3 is 34.3 Å². The zero-order valence-electron chi connectivity index (χ0n) is 22.6. The molecular formula is C29H35FN4O6. The molecular weight excluding hydrogens is 519 g/mol. The van der Waals surface area contributed by atoms with Crippen molar-refractivity contribution in [2.45, 2.75) is 38.2 Å².